The second kappa shape index (κ2) is 11.9. The first-order chi connectivity index (χ1) is 17.2. The third kappa shape index (κ3) is 6.49. The lowest BCUT2D eigenvalue weighted by Gasteiger charge is -2.12. The molecular formula is C28H27N3O3S. The van der Waals surface area contributed by atoms with Gasteiger partial charge in [-0.25, -0.2) is 4.79 Å². The minimum Gasteiger partial charge on any atom is -0.493 e. The highest BCUT2D eigenvalue weighted by molar-refractivity contribution is 8.00. The van der Waals surface area contributed by atoms with Crippen molar-refractivity contribution in [2.45, 2.75) is 11.4 Å². The molecule has 0 aromatic heterocycles. The molecule has 178 valence electrons. The van der Waals surface area contributed by atoms with Crippen molar-refractivity contribution in [3.8, 4) is 22.6 Å². The molecule has 0 aliphatic heterocycles. The first-order valence-electron chi connectivity index (χ1n) is 11.1. The van der Waals surface area contributed by atoms with Gasteiger partial charge in [-0.15, -0.1) is 0 Å². The number of carbonyl (C=O) groups excluding carboxylic acids is 1. The van der Waals surface area contributed by atoms with E-state index in [1.807, 2.05) is 72.8 Å². The summed E-state index contributed by atoms with van der Waals surface area (Å²) in [6, 6.07) is 31.5. The zero-order valence-corrected chi connectivity index (χ0v) is 20.4. The van der Waals surface area contributed by atoms with Gasteiger partial charge in [-0.2, -0.15) is 0 Å². The maximum Gasteiger partial charge on any atom is 0.319 e. The zero-order valence-electron chi connectivity index (χ0n) is 19.6. The van der Waals surface area contributed by atoms with Crippen molar-refractivity contribution in [2.24, 2.45) is 0 Å². The predicted octanol–water partition coefficient (Wildman–Crippen LogP) is 6.81. The molecule has 35 heavy (non-hydrogen) atoms. The number of hydrogen-bond acceptors (Lipinski definition) is 5. The molecule has 0 spiro atoms. The number of hydrogen-bond donors (Lipinski definition) is 3. The number of methoxy groups -OCH3 is 2. The lowest BCUT2D eigenvalue weighted by atomic mass is 10.1. The second-order valence-corrected chi connectivity index (χ2v) is 8.49. The Balaban J connectivity index is 1.30. The van der Waals surface area contributed by atoms with E-state index in [-0.39, 0.29) is 6.03 Å². The van der Waals surface area contributed by atoms with Gasteiger partial charge in [-0.1, -0.05) is 54.6 Å². The maximum absolute atomic E-state index is 12.3. The highest BCUT2D eigenvalue weighted by Crippen LogP contribution is 2.32. The normalized spacial score (nSPS) is 10.3. The number of ether oxygens (including phenoxy) is 2. The van der Waals surface area contributed by atoms with Gasteiger partial charge in [0.05, 0.1) is 14.2 Å². The summed E-state index contributed by atoms with van der Waals surface area (Å²) in [7, 11) is 3.17. The first kappa shape index (κ1) is 24.0. The average Bonchev–Trinajstić information content (AvgIpc) is 2.92. The van der Waals surface area contributed by atoms with Gasteiger partial charge in [-0.05, 0) is 71.1 Å². The topological polar surface area (TPSA) is 71.6 Å². The van der Waals surface area contributed by atoms with Crippen LogP contribution in [0.25, 0.3) is 11.1 Å². The Labute approximate surface area is 209 Å². The summed E-state index contributed by atoms with van der Waals surface area (Å²) in [5.74, 6) is 1.27. The highest BCUT2D eigenvalue weighted by Gasteiger charge is 2.08. The van der Waals surface area contributed by atoms with Crippen molar-refractivity contribution >= 4 is 29.4 Å². The molecule has 0 aliphatic carbocycles. The minimum absolute atomic E-state index is 0.286. The Morgan fingerprint density at radius 3 is 2.20 bits per heavy atom. The van der Waals surface area contributed by atoms with Crippen molar-refractivity contribution in [2.75, 3.05) is 24.3 Å². The Bertz CT molecular complexity index is 1260. The van der Waals surface area contributed by atoms with Gasteiger partial charge < -0.3 is 24.8 Å². The second-order valence-electron chi connectivity index (χ2n) is 7.64. The van der Waals surface area contributed by atoms with Crippen molar-refractivity contribution in [1.29, 1.82) is 0 Å². The number of nitrogens with one attached hydrogen (secondary N) is 3. The smallest absolute Gasteiger partial charge is 0.319 e. The van der Waals surface area contributed by atoms with Crippen LogP contribution in [-0.4, -0.2) is 20.3 Å². The Morgan fingerprint density at radius 1 is 0.771 bits per heavy atom. The summed E-state index contributed by atoms with van der Waals surface area (Å²) in [5, 5.41) is 5.71. The van der Waals surface area contributed by atoms with E-state index in [9.17, 15) is 4.79 Å². The van der Waals surface area contributed by atoms with E-state index in [2.05, 4.69) is 39.6 Å². The van der Waals surface area contributed by atoms with Crippen LogP contribution in [-0.2, 0) is 6.54 Å². The molecule has 0 heterocycles. The van der Waals surface area contributed by atoms with E-state index in [0.29, 0.717) is 23.7 Å². The Kier molecular flexibility index (Phi) is 8.14. The van der Waals surface area contributed by atoms with Gasteiger partial charge in [-0.3, -0.25) is 0 Å². The van der Waals surface area contributed by atoms with Gasteiger partial charge in [0, 0.05) is 22.8 Å². The van der Waals surface area contributed by atoms with E-state index in [1.54, 1.807) is 26.2 Å². The van der Waals surface area contributed by atoms with Crippen LogP contribution in [0.15, 0.2) is 102 Å². The third-order valence-electron chi connectivity index (χ3n) is 5.29. The summed E-state index contributed by atoms with van der Waals surface area (Å²) in [6.45, 7) is 0.364. The van der Waals surface area contributed by atoms with E-state index in [4.69, 9.17) is 9.47 Å². The van der Waals surface area contributed by atoms with Crippen LogP contribution in [0.1, 0.15) is 5.56 Å². The van der Waals surface area contributed by atoms with Crippen LogP contribution >= 0.6 is 11.9 Å². The lowest BCUT2D eigenvalue weighted by Crippen LogP contribution is -2.28. The van der Waals surface area contributed by atoms with Crippen LogP contribution in [0.5, 0.6) is 11.5 Å². The van der Waals surface area contributed by atoms with Crippen LogP contribution in [0.3, 0.4) is 0 Å². The molecule has 0 aliphatic rings. The zero-order chi connectivity index (χ0) is 24.5. The summed E-state index contributed by atoms with van der Waals surface area (Å²) < 4.78 is 13.9. The lowest BCUT2D eigenvalue weighted by molar-refractivity contribution is 0.251. The molecule has 4 aromatic carbocycles. The largest absolute Gasteiger partial charge is 0.493 e. The number of amides is 2. The maximum atomic E-state index is 12.3. The van der Waals surface area contributed by atoms with Crippen LogP contribution in [0.4, 0.5) is 16.2 Å². The summed E-state index contributed by atoms with van der Waals surface area (Å²) in [6.07, 6.45) is 0. The molecule has 0 atom stereocenters. The summed E-state index contributed by atoms with van der Waals surface area (Å²) in [4.78, 5) is 13.5. The monoisotopic (exact) mass is 485 g/mol. The quantitative estimate of drug-likeness (QED) is 0.227. The van der Waals surface area contributed by atoms with Gasteiger partial charge >= 0.3 is 6.03 Å². The van der Waals surface area contributed by atoms with E-state index >= 15 is 0 Å². The molecule has 0 radical (unpaired) electrons. The first-order valence-corrected chi connectivity index (χ1v) is 11.9. The van der Waals surface area contributed by atoms with Gasteiger partial charge in [0.25, 0.3) is 0 Å². The predicted molar refractivity (Wildman–Crippen MR) is 143 cm³/mol. The number of anilines is 2. The number of benzene rings is 4. The van der Waals surface area contributed by atoms with Crippen molar-refractivity contribution in [1.82, 2.24) is 5.32 Å². The molecule has 3 N–H and O–H groups in total. The Hall–Kier alpha value is -4.10. The van der Waals surface area contributed by atoms with Crippen molar-refractivity contribution < 1.29 is 14.3 Å². The molecule has 4 rings (SSSR count). The van der Waals surface area contributed by atoms with Gasteiger partial charge in [0.2, 0.25) is 0 Å². The van der Waals surface area contributed by atoms with Crippen LogP contribution in [0, 0.1) is 0 Å². The van der Waals surface area contributed by atoms with Gasteiger partial charge in [0.15, 0.2) is 11.5 Å². The number of urea groups is 1. The van der Waals surface area contributed by atoms with E-state index in [1.165, 1.54) is 11.1 Å². The summed E-state index contributed by atoms with van der Waals surface area (Å²) in [5.41, 5.74) is 4.90. The molecule has 2 amide bonds. The molecule has 0 saturated heterocycles. The summed E-state index contributed by atoms with van der Waals surface area (Å²) >= 11 is 1.56. The Morgan fingerprint density at radius 2 is 1.46 bits per heavy atom. The molecule has 0 fully saturated rings. The molecule has 7 heteroatoms. The standard InChI is InChI=1S/C28H27N3O3S/c1-33-25-17-12-20(18-26(25)34-2)19-29-28(32)30-22-13-15-23(16-14-22)31-35-27-11-7-6-10-24(27)21-8-4-3-5-9-21/h3-18,31H,19H2,1-2H3,(H2,29,30,32). The molecule has 0 saturated carbocycles. The highest BCUT2D eigenvalue weighted by atomic mass is 32.2. The van der Waals surface area contributed by atoms with E-state index in [0.717, 1.165) is 16.1 Å². The van der Waals surface area contributed by atoms with Crippen molar-refractivity contribution in [3.05, 3.63) is 103 Å². The van der Waals surface area contributed by atoms with Gasteiger partial charge in [0.1, 0.15) is 0 Å². The molecular weight excluding hydrogens is 458 g/mol. The minimum atomic E-state index is -0.286. The fourth-order valence-electron chi connectivity index (χ4n) is 3.50. The fourth-order valence-corrected chi connectivity index (χ4v) is 4.30. The van der Waals surface area contributed by atoms with Crippen LogP contribution < -0.4 is 24.8 Å². The van der Waals surface area contributed by atoms with E-state index < -0.39 is 0 Å². The fraction of sp³-hybridized carbons (Fsp3) is 0.107. The molecule has 4 aromatic rings. The van der Waals surface area contributed by atoms with Crippen LogP contribution in [0.2, 0.25) is 0 Å². The average molecular weight is 486 g/mol. The number of carbonyl (C=O) groups is 1. The van der Waals surface area contributed by atoms with Crippen molar-refractivity contribution in [3.63, 3.8) is 0 Å². The number of rotatable bonds is 9. The third-order valence-corrected chi connectivity index (χ3v) is 6.21. The SMILES string of the molecule is COc1ccc(CNC(=O)Nc2ccc(NSc3ccccc3-c3ccccc3)cc2)cc1OC. The molecule has 6 nitrogen and oxygen atoms in total. The molecule has 0 bridgehead atoms. The molecule has 0 unspecified atom stereocenters.